The predicted octanol–water partition coefficient (Wildman–Crippen LogP) is -3.81. The third-order valence-electron chi connectivity index (χ3n) is 0. The molecule has 3 N–H and O–H groups in total. The van der Waals surface area contributed by atoms with Gasteiger partial charge < -0.3 is 16.1 Å². The largest absolute Gasteiger partial charge is 1.00 e. The molecule has 0 aromatic rings. The van der Waals surface area contributed by atoms with Crippen LogP contribution in [-0.4, -0.2) is 14.7 Å². The number of rotatable bonds is 0. The van der Waals surface area contributed by atoms with Gasteiger partial charge in [-0.3, -0.25) is 0 Å². The van der Waals surface area contributed by atoms with Crippen LogP contribution in [0.5, 0.6) is 0 Å². The average molecular weight is 307 g/mol. The third kappa shape index (κ3) is 49.3. The minimum Gasteiger partial charge on any atom is -1.00 e. The van der Waals surface area contributed by atoms with Crippen LogP contribution in [0.1, 0.15) is 1.43 Å². The van der Waals surface area contributed by atoms with Gasteiger partial charge in [-0.05, 0) is 0 Å². The number of hydrogen-bond acceptors (Lipinski definition) is 1. The molecule has 0 fully saturated rings. The second-order valence-corrected chi connectivity index (χ2v) is 1.54. The molecule has 0 rings (SSSR count). The summed E-state index contributed by atoms with van der Waals surface area (Å²) in [4.78, 5) is 21.6. The molecule has 0 aromatic heterocycles. The summed E-state index contributed by atoms with van der Waals surface area (Å²) in [5, 5.41) is 0. The maximum absolute atomic E-state index is 8.88. The van der Waals surface area contributed by atoms with Crippen molar-refractivity contribution < 1.29 is 109 Å². The third-order valence-corrected chi connectivity index (χ3v) is 0. The van der Waals surface area contributed by atoms with Crippen molar-refractivity contribution in [2.24, 2.45) is 0 Å². The molecule has 0 aliphatic rings. The summed E-state index contributed by atoms with van der Waals surface area (Å²) in [6, 6.07) is 0. The van der Waals surface area contributed by atoms with Gasteiger partial charge in [-0.25, -0.2) is 4.57 Å². The van der Waals surface area contributed by atoms with Gasteiger partial charge in [-0.15, -0.1) is 0 Å². The summed E-state index contributed by atoms with van der Waals surface area (Å²) < 4.78 is 8.88. The normalized spacial score (nSPS) is 8.43. The fraction of sp³-hybridized carbons (Fsp3) is 0. The summed E-state index contributed by atoms with van der Waals surface area (Å²) in [7, 11) is -4.64. The summed E-state index contributed by atoms with van der Waals surface area (Å²) >= 11 is 0. The van der Waals surface area contributed by atoms with Gasteiger partial charge in [0.2, 0.25) is 0 Å². The Morgan fingerprint density at radius 2 is 1.29 bits per heavy atom. The fourth-order valence-corrected chi connectivity index (χ4v) is 0. The summed E-state index contributed by atoms with van der Waals surface area (Å²) in [5.41, 5.74) is 0. The Morgan fingerprint density at radius 1 is 1.29 bits per heavy atom. The van der Waals surface area contributed by atoms with E-state index in [0.717, 1.165) is 0 Å². The molecule has 0 saturated heterocycles. The van der Waals surface area contributed by atoms with Gasteiger partial charge >= 0.3 is 59.2 Å². The Bertz CT molecular complexity index is 62.2. The Kier molecular flexibility index (Phi) is 16.7. The first kappa shape index (κ1) is 16.5. The monoisotopic (exact) mass is 307 g/mol. The fourth-order valence-electron chi connectivity index (χ4n) is 0. The Balaban J connectivity index is -0.0000000267. The van der Waals surface area contributed by atoms with Crippen LogP contribution in [0.3, 0.4) is 0 Å². The van der Waals surface area contributed by atoms with E-state index in [1.807, 2.05) is 0 Å². The molecular formula is H4KO4PTm. The molecule has 7 heavy (non-hydrogen) atoms. The maximum atomic E-state index is 8.88. The molecular weight excluding hydrogens is 303 g/mol. The van der Waals surface area contributed by atoms with Crippen LogP contribution in [0.4, 0.5) is 0 Å². The smallest absolute Gasteiger partial charge is 1.00 e. The van der Waals surface area contributed by atoms with E-state index >= 15 is 0 Å². The van der Waals surface area contributed by atoms with Crippen LogP contribution >= 0.6 is 7.82 Å². The summed E-state index contributed by atoms with van der Waals surface area (Å²) in [5.74, 6) is 0. The van der Waals surface area contributed by atoms with Crippen LogP contribution < -0.4 is 51.4 Å². The molecule has 1 radical (unpaired) electrons. The quantitative estimate of drug-likeness (QED) is 0.317. The van der Waals surface area contributed by atoms with E-state index < -0.39 is 7.82 Å². The second kappa shape index (κ2) is 7.09. The minimum absolute atomic E-state index is 0. The molecule has 4 nitrogen and oxygen atoms in total. The first-order valence-electron chi connectivity index (χ1n) is 0.783. The molecule has 0 bridgehead atoms. The van der Waals surface area contributed by atoms with Crippen molar-refractivity contribution in [1.29, 1.82) is 0 Å². The first-order valence-corrected chi connectivity index (χ1v) is 2.35. The molecule has 0 aliphatic heterocycles. The Morgan fingerprint density at radius 3 is 1.29 bits per heavy atom. The van der Waals surface area contributed by atoms with Gasteiger partial charge in [0, 0.05) is 36.9 Å². The van der Waals surface area contributed by atoms with Gasteiger partial charge in [0.1, 0.15) is 0 Å². The van der Waals surface area contributed by atoms with Crippen LogP contribution in [0.25, 0.3) is 0 Å². The molecule has 0 amide bonds. The molecule has 0 unspecified atom stereocenters. The number of hydrogen-bond donors (Lipinski definition) is 3. The van der Waals surface area contributed by atoms with E-state index in [-0.39, 0.29) is 89.7 Å². The number of phosphoric acid groups is 1. The second-order valence-electron chi connectivity index (χ2n) is 0.513. The molecule has 0 saturated carbocycles. The first-order chi connectivity index (χ1) is 2.00. The minimum atomic E-state index is -4.64. The van der Waals surface area contributed by atoms with E-state index in [2.05, 4.69) is 0 Å². The SMILES string of the molecule is O=P(O)(O)O.[H-].[K+].[Tm]. The van der Waals surface area contributed by atoms with Gasteiger partial charge in [0.15, 0.2) is 0 Å². The van der Waals surface area contributed by atoms with Crippen molar-refractivity contribution in [2.75, 3.05) is 0 Å². The molecule has 0 spiro atoms. The zero-order chi connectivity index (χ0) is 4.50. The van der Waals surface area contributed by atoms with Crippen molar-refractivity contribution in [3.8, 4) is 0 Å². The predicted molar refractivity (Wildman–Crippen MR) is 15.4 cm³/mol. The zero-order valence-corrected chi connectivity index (χ0v) is 9.27. The van der Waals surface area contributed by atoms with Gasteiger partial charge in [-0.2, -0.15) is 0 Å². The zero-order valence-electron chi connectivity index (χ0n) is 4.47. The summed E-state index contributed by atoms with van der Waals surface area (Å²) in [6.45, 7) is 0. The summed E-state index contributed by atoms with van der Waals surface area (Å²) in [6.07, 6.45) is 0. The van der Waals surface area contributed by atoms with Crippen LogP contribution in [0, 0.1) is 36.9 Å². The van der Waals surface area contributed by atoms with E-state index in [1.54, 1.807) is 0 Å². The van der Waals surface area contributed by atoms with Gasteiger partial charge in [0.25, 0.3) is 0 Å². The molecule has 0 atom stereocenters. The molecule has 0 aliphatic carbocycles. The van der Waals surface area contributed by atoms with Crippen molar-refractivity contribution >= 4 is 7.82 Å². The van der Waals surface area contributed by atoms with E-state index in [4.69, 9.17) is 19.2 Å². The molecule has 47 valence electrons. The Hall–Kier alpha value is 2.98. The van der Waals surface area contributed by atoms with E-state index in [9.17, 15) is 0 Å². The topological polar surface area (TPSA) is 77.8 Å². The van der Waals surface area contributed by atoms with E-state index in [0.29, 0.717) is 0 Å². The molecule has 0 aromatic carbocycles. The van der Waals surface area contributed by atoms with Gasteiger partial charge in [0.05, 0.1) is 0 Å². The van der Waals surface area contributed by atoms with Crippen molar-refractivity contribution in [3.05, 3.63) is 0 Å². The van der Waals surface area contributed by atoms with Crippen LogP contribution in [-0.2, 0) is 4.57 Å². The molecule has 0 heterocycles. The van der Waals surface area contributed by atoms with Crippen LogP contribution in [0.15, 0.2) is 0 Å². The van der Waals surface area contributed by atoms with Crippen molar-refractivity contribution in [3.63, 3.8) is 0 Å². The maximum Gasteiger partial charge on any atom is 1.00 e. The van der Waals surface area contributed by atoms with E-state index in [1.165, 1.54) is 0 Å². The van der Waals surface area contributed by atoms with Crippen molar-refractivity contribution in [2.45, 2.75) is 0 Å². The Labute approximate surface area is 114 Å². The van der Waals surface area contributed by atoms with Crippen LogP contribution in [0.2, 0.25) is 0 Å². The average Bonchev–Trinajstić information content (AvgIpc) is 0.722. The molecule has 7 heteroatoms. The van der Waals surface area contributed by atoms with Crippen molar-refractivity contribution in [1.82, 2.24) is 0 Å². The standard InChI is InChI=1S/K.H3O4P.Tm.H/c;1-5(2,3)4;;/h;(H3,1,2,3,4);;/q+1;;;-1. The van der Waals surface area contributed by atoms with Gasteiger partial charge in [-0.1, -0.05) is 0 Å².